The zero-order valence-corrected chi connectivity index (χ0v) is 11.0. The Morgan fingerprint density at radius 2 is 1.88 bits per heavy atom. The Kier molecular flexibility index (Phi) is 5.98. The minimum Gasteiger partial charge on any atom is -0.378 e. The average Bonchev–Trinajstić information content (AvgIpc) is 2.42. The van der Waals surface area contributed by atoms with Crippen LogP contribution in [0.2, 0.25) is 0 Å². The molecule has 0 amide bonds. The number of morpholine rings is 1. The van der Waals surface area contributed by atoms with Crippen molar-refractivity contribution in [1.29, 1.82) is 0 Å². The van der Waals surface area contributed by atoms with Crippen molar-refractivity contribution in [2.45, 2.75) is 27.2 Å². The minimum atomic E-state index is -0.115. The number of halogens is 1. The monoisotopic (exact) mass is 239 g/mol. The molecule has 0 radical (unpaired) electrons. The number of rotatable bonds is 2. The first-order valence-corrected chi connectivity index (χ1v) is 6.42. The molecule has 0 unspecified atom stereocenters. The molecule has 2 nitrogen and oxygen atoms in total. The second-order valence-electron chi connectivity index (χ2n) is 3.74. The van der Waals surface area contributed by atoms with Crippen molar-refractivity contribution >= 4 is 5.69 Å². The molecule has 1 fully saturated rings. The highest BCUT2D eigenvalue weighted by Gasteiger charge is 2.14. The van der Waals surface area contributed by atoms with Gasteiger partial charge in [-0.3, -0.25) is 0 Å². The van der Waals surface area contributed by atoms with E-state index in [1.807, 2.05) is 37.8 Å². The number of anilines is 1. The number of ether oxygens (including phenoxy) is 1. The van der Waals surface area contributed by atoms with E-state index < -0.39 is 0 Å². The van der Waals surface area contributed by atoms with Crippen molar-refractivity contribution in [3.05, 3.63) is 29.6 Å². The summed E-state index contributed by atoms with van der Waals surface area (Å²) in [5, 5.41) is 0. The first kappa shape index (κ1) is 14.0. The SMILES string of the molecule is CC.CCc1ccc(N2CCOCC2)c(F)c1. The second-order valence-corrected chi connectivity index (χ2v) is 3.74. The van der Waals surface area contributed by atoms with Crippen LogP contribution in [0.1, 0.15) is 26.3 Å². The molecule has 0 aliphatic carbocycles. The molecule has 1 saturated heterocycles. The van der Waals surface area contributed by atoms with E-state index >= 15 is 0 Å². The molecule has 1 aliphatic rings. The van der Waals surface area contributed by atoms with E-state index in [2.05, 4.69) is 0 Å². The molecule has 2 rings (SSSR count). The molecule has 96 valence electrons. The largest absolute Gasteiger partial charge is 0.378 e. The molecular weight excluding hydrogens is 217 g/mol. The number of hydrogen-bond donors (Lipinski definition) is 0. The van der Waals surface area contributed by atoms with Crippen LogP contribution in [-0.2, 0) is 11.2 Å². The summed E-state index contributed by atoms with van der Waals surface area (Å²) in [6.07, 6.45) is 0.875. The molecule has 0 aromatic heterocycles. The summed E-state index contributed by atoms with van der Waals surface area (Å²) in [6, 6.07) is 5.50. The molecule has 1 heterocycles. The fourth-order valence-electron chi connectivity index (χ4n) is 1.83. The van der Waals surface area contributed by atoms with Gasteiger partial charge in [-0.15, -0.1) is 0 Å². The van der Waals surface area contributed by atoms with Gasteiger partial charge in [0.1, 0.15) is 5.82 Å². The van der Waals surface area contributed by atoms with Crippen LogP contribution in [0.5, 0.6) is 0 Å². The standard InChI is InChI=1S/C12H16FNO.C2H6/c1-2-10-3-4-12(11(13)9-10)14-5-7-15-8-6-14;1-2/h3-4,9H,2,5-8H2,1H3;1-2H3. The number of benzene rings is 1. The molecule has 1 aromatic carbocycles. The van der Waals surface area contributed by atoms with Crippen molar-refractivity contribution in [3.8, 4) is 0 Å². The quantitative estimate of drug-likeness (QED) is 0.785. The van der Waals surface area contributed by atoms with Gasteiger partial charge in [-0.05, 0) is 24.1 Å². The normalized spacial score (nSPS) is 15.2. The number of nitrogens with zero attached hydrogens (tertiary/aromatic N) is 1. The Bertz CT molecular complexity index is 335. The van der Waals surface area contributed by atoms with E-state index in [1.54, 1.807) is 6.07 Å². The van der Waals surface area contributed by atoms with Crippen LogP contribution in [0.3, 0.4) is 0 Å². The van der Waals surface area contributed by atoms with E-state index in [0.717, 1.165) is 25.1 Å². The zero-order chi connectivity index (χ0) is 12.7. The highest BCUT2D eigenvalue weighted by atomic mass is 19.1. The highest BCUT2D eigenvalue weighted by molar-refractivity contribution is 5.49. The second kappa shape index (κ2) is 7.28. The first-order chi connectivity index (χ1) is 8.31. The van der Waals surface area contributed by atoms with Crippen LogP contribution in [0, 0.1) is 5.82 Å². The lowest BCUT2D eigenvalue weighted by Crippen LogP contribution is -2.36. The maximum atomic E-state index is 13.7. The van der Waals surface area contributed by atoms with Gasteiger partial charge in [0, 0.05) is 13.1 Å². The lowest BCUT2D eigenvalue weighted by molar-refractivity contribution is 0.122. The van der Waals surface area contributed by atoms with Crippen molar-refractivity contribution in [2.75, 3.05) is 31.2 Å². The van der Waals surface area contributed by atoms with Gasteiger partial charge in [0.05, 0.1) is 18.9 Å². The fraction of sp³-hybridized carbons (Fsp3) is 0.571. The molecule has 17 heavy (non-hydrogen) atoms. The number of aryl methyl sites for hydroxylation is 1. The van der Waals surface area contributed by atoms with Crippen LogP contribution < -0.4 is 4.90 Å². The van der Waals surface area contributed by atoms with Crippen LogP contribution in [0.15, 0.2) is 18.2 Å². The smallest absolute Gasteiger partial charge is 0.146 e. The van der Waals surface area contributed by atoms with Gasteiger partial charge in [0.25, 0.3) is 0 Å². The predicted molar refractivity (Wildman–Crippen MR) is 70.2 cm³/mol. The molecular formula is C14H22FNO. The maximum absolute atomic E-state index is 13.7. The summed E-state index contributed by atoms with van der Waals surface area (Å²) in [4.78, 5) is 2.04. The van der Waals surface area contributed by atoms with E-state index in [9.17, 15) is 4.39 Å². The van der Waals surface area contributed by atoms with Crippen LogP contribution in [0.25, 0.3) is 0 Å². The van der Waals surface area contributed by atoms with Gasteiger partial charge in [-0.2, -0.15) is 0 Å². The third-order valence-electron chi connectivity index (χ3n) is 2.77. The third-order valence-corrected chi connectivity index (χ3v) is 2.77. The lowest BCUT2D eigenvalue weighted by Gasteiger charge is -2.29. The molecule has 1 aliphatic heterocycles. The molecule has 0 bridgehead atoms. The van der Waals surface area contributed by atoms with Crippen molar-refractivity contribution in [3.63, 3.8) is 0 Å². The summed E-state index contributed by atoms with van der Waals surface area (Å²) in [5.41, 5.74) is 1.75. The summed E-state index contributed by atoms with van der Waals surface area (Å²) in [5.74, 6) is -0.115. The van der Waals surface area contributed by atoms with Crippen molar-refractivity contribution in [1.82, 2.24) is 0 Å². The van der Waals surface area contributed by atoms with E-state index in [4.69, 9.17) is 4.74 Å². The highest BCUT2D eigenvalue weighted by Crippen LogP contribution is 2.21. The minimum absolute atomic E-state index is 0.115. The van der Waals surface area contributed by atoms with Gasteiger partial charge in [-0.25, -0.2) is 4.39 Å². The van der Waals surface area contributed by atoms with Gasteiger partial charge in [0.15, 0.2) is 0 Å². The van der Waals surface area contributed by atoms with E-state index in [-0.39, 0.29) is 5.82 Å². The number of hydrogen-bond acceptors (Lipinski definition) is 2. The summed E-state index contributed by atoms with van der Waals surface area (Å²) in [6.45, 7) is 8.97. The summed E-state index contributed by atoms with van der Waals surface area (Å²) < 4.78 is 19.0. The van der Waals surface area contributed by atoms with Gasteiger partial charge < -0.3 is 9.64 Å². The Labute approximate surface area is 103 Å². The molecule has 0 spiro atoms. The van der Waals surface area contributed by atoms with Crippen LogP contribution in [0.4, 0.5) is 10.1 Å². The summed E-state index contributed by atoms with van der Waals surface area (Å²) in [7, 11) is 0. The van der Waals surface area contributed by atoms with E-state index in [0.29, 0.717) is 18.9 Å². The van der Waals surface area contributed by atoms with E-state index in [1.165, 1.54) is 0 Å². The Balaban J connectivity index is 0.000000686. The topological polar surface area (TPSA) is 12.5 Å². The predicted octanol–water partition coefficient (Wildman–Crippen LogP) is 3.25. The van der Waals surface area contributed by atoms with Gasteiger partial charge in [0.2, 0.25) is 0 Å². The molecule has 3 heteroatoms. The molecule has 0 saturated carbocycles. The van der Waals surface area contributed by atoms with Gasteiger partial charge in [-0.1, -0.05) is 26.8 Å². The maximum Gasteiger partial charge on any atom is 0.146 e. The molecule has 0 atom stereocenters. The van der Waals surface area contributed by atoms with Crippen LogP contribution >= 0.6 is 0 Å². The zero-order valence-electron chi connectivity index (χ0n) is 11.0. The molecule has 1 aromatic rings. The van der Waals surface area contributed by atoms with Gasteiger partial charge >= 0.3 is 0 Å². The van der Waals surface area contributed by atoms with Crippen molar-refractivity contribution < 1.29 is 9.13 Å². The Morgan fingerprint density at radius 1 is 1.24 bits per heavy atom. The molecule has 0 N–H and O–H groups in total. The Morgan fingerprint density at radius 3 is 2.41 bits per heavy atom. The Hall–Kier alpha value is -1.09. The van der Waals surface area contributed by atoms with Crippen molar-refractivity contribution in [2.24, 2.45) is 0 Å². The average molecular weight is 239 g/mol. The van der Waals surface area contributed by atoms with Crippen LogP contribution in [-0.4, -0.2) is 26.3 Å². The first-order valence-electron chi connectivity index (χ1n) is 6.42. The lowest BCUT2D eigenvalue weighted by atomic mass is 10.1. The summed E-state index contributed by atoms with van der Waals surface area (Å²) >= 11 is 0. The third kappa shape index (κ3) is 3.70. The fourth-order valence-corrected chi connectivity index (χ4v) is 1.83.